The van der Waals surface area contributed by atoms with E-state index in [4.69, 9.17) is 5.73 Å². The standard InChI is InChI=1S/C12H14N4S/c13-7-10-1-4-14-12(15-10)16-5-2-11-9(8-16)3-6-17-11/h1,3-4,6H,2,5,7-8,13H2. The number of thiophene rings is 1. The summed E-state index contributed by atoms with van der Waals surface area (Å²) in [7, 11) is 0. The van der Waals surface area contributed by atoms with Crippen molar-refractivity contribution in [1.82, 2.24) is 9.97 Å². The Kier molecular flexibility index (Phi) is 2.78. The minimum atomic E-state index is 0.465. The third-order valence-electron chi connectivity index (χ3n) is 3.00. The van der Waals surface area contributed by atoms with E-state index in [-0.39, 0.29) is 0 Å². The highest BCUT2D eigenvalue weighted by molar-refractivity contribution is 7.10. The van der Waals surface area contributed by atoms with Crippen molar-refractivity contribution < 1.29 is 0 Å². The molecule has 0 spiro atoms. The van der Waals surface area contributed by atoms with Gasteiger partial charge >= 0.3 is 0 Å². The molecule has 0 bridgehead atoms. The summed E-state index contributed by atoms with van der Waals surface area (Å²) in [6.07, 6.45) is 2.87. The Labute approximate surface area is 104 Å². The van der Waals surface area contributed by atoms with Crippen LogP contribution < -0.4 is 10.6 Å². The lowest BCUT2D eigenvalue weighted by Gasteiger charge is -2.27. The van der Waals surface area contributed by atoms with E-state index < -0.39 is 0 Å². The molecule has 3 heterocycles. The Morgan fingerprint density at radius 2 is 2.35 bits per heavy atom. The average molecular weight is 246 g/mol. The van der Waals surface area contributed by atoms with Crippen molar-refractivity contribution in [2.45, 2.75) is 19.5 Å². The Bertz CT molecular complexity index is 523. The van der Waals surface area contributed by atoms with Gasteiger partial charge in [-0.05, 0) is 29.5 Å². The maximum atomic E-state index is 5.60. The van der Waals surface area contributed by atoms with Gasteiger partial charge in [0, 0.05) is 30.7 Å². The molecule has 3 rings (SSSR count). The summed E-state index contributed by atoms with van der Waals surface area (Å²) in [5.74, 6) is 0.796. The zero-order valence-corrected chi connectivity index (χ0v) is 10.3. The summed E-state index contributed by atoms with van der Waals surface area (Å²) in [5.41, 5.74) is 7.90. The number of rotatable bonds is 2. The predicted octanol–water partition coefficient (Wildman–Crippen LogP) is 1.56. The summed E-state index contributed by atoms with van der Waals surface area (Å²) in [4.78, 5) is 12.5. The molecule has 1 aliphatic rings. The molecule has 17 heavy (non-hydrogen) atoms. The van der Waals surface area contributed by atoms with E-state index in [0.717, 1.165) is 31.2 Å². The Morgan fingerprint density at radius 1 is 1.41 bits per heavy atom. The van der Waals surface area contributed by atoms with Crippen molar-refractivity contribution in [3.05, 3.63) is 39.8 Å². The first kappa shape index (κ1) is 10.7. The van der Waals surface area contributed by atoms with E-state index >= 15 is 0 Å². The van der Waals surface area contributed by atoms with Gasteiger partial charge in [-0.3, -0.25) is 0 Å². The van der Waals surface area contributed by atoms with Crippen LogP contribution in [0.3, 0.4) is 0 Å². The maximum Gasteiger partial charge on any atom is 0.225 e. The third kappa shape index (κ3) is 2.03. The van der Waals surface area contributed by atoms with Crippen LogP contribution in [0.4, 0.5) is 5.95 Å². The SMILES string of the molecule is NCc1ccnc(N2CCc3sccc3C2)n1. The lowest BCUT2D eigenvalue weighted by molar-refractivity contribution is 0.713. The molecule has 0 aliphatic carbocycles. The van der Waals surface area contributed by atoms with Gasteiger partial charge < -0.3 is 10.6 Å². The Balaban J connectivity index is 1.86. The van der Waals surface area contributed by atoms with Crippen molar-refractivity contribution in [3.8, 4) is 0 Å². The maximum absolute atomic E-state index is 5.60. The van der Waals surface area contributed by atoms with Crippen LogP contribution in [0, 0.1) is 0 Å². The smallest absolute Gasteiger partial charge is 0.225 e. The molecule has 0 aromatic carbocycles. The second kappa shape index (κ2) is 4.43. The summed E-state index contributed by atoms with van der Waals surface area (Å²) >= 11 is 1.84. The second-order valence-electron chi connectivity index (χ2n) is 4.09. The molecule has 0 fully saturated rings. The first-order valence-corrected chi connectivity index (χ1v) is 6.57. The lowest BCUT2D eigenvalue weighted by Crippen LogP contribution is -2.31. The number of nitrogens with zero attached hydrogens (tertiary/aromatic N) is 3. The molecule has 2 aromatic heterocycles. The van der Waals surface area contributed by atoms with Gasteiger partial charge in [-0.1, -0.05) is 0 Å². The van der Waals surface area contributed by atoms with E-state index in [2.05, 4.69) is 26.3 Å². The van der Waals surface area contributed by atoms with Crippen LogP contribution in [0.25, 0.3) is 0 Å². The van der Waals surface area contributed by atoms with Crippen LogP contribution in [-0.4, -0.2) is 16.5 Å². The van der Waals surface area contributed by atoms with Crippen LogP contribution in [0.2, 0.25) is 0 Å². The quantitative estimate of drug-likeness (QED) is 0.873. The van der Waals surface area contributed by atoms with Gasteiger partial charge in [0.25, 0.3) is 0 Å². The molecule has 1 aliphatic heterocycles. The monoisotopic (exact) mass is 246 g/mol. The molecule has 0 atom stereocenters. The van der Waals surface area contributed by atoms with Gasteiger partial charge in [0.15, 0.2) is 0 Å². The largest absolute Gasteiger partial charge is 0.336 e. The molecule has 0 radical (unpaired) electrons. The minimum absolute atomic E-state index is 0.465. The molecule has 0 amide bonds. The Morgan fingerprint density at radius 3 is 3.24 bits per heavy atom. The fourth-order valence-corrected chi connectivity index (χ4v) is 2.96. The van der Waals surface area contributed by atoms with Crippen LogP contribution in [0.1, 0.15) is 16.1 Å². The second-order valence-corrected chi connectivity index (χ2v) is 5.09. The van der Waals surface area contributed by atoms with Crippen molar-refractivity contribution in [2.75, 3.05) is 11.4 Å². The summed E-state index contributed by atoms with van der Waals surface area (Å²) in [6.45, 7) is 2.36. The highest BCUT2D eigenvalue weighted by Crippen LogP contribution is 2.25. The normalized spacial score (nSPS) is 14.8. The highest BCUT2D eigenvalue weighted by Gasteiger charge is 2.19. The van der Waals surface area contributed by atoms with Gasteiger partial charge in [0.05, 0.1) is 5.69 Å². The minimum Gasteiger partial charge on any atom is -0.336 e. The molecule has 2 aromatic rings. The van der Waals surface area contributed by atoms with E-state index in [1.165, 1.54) is 10.4 Å². The van der Waals surface area contributed by atoms with Crippen LogP contribution in [0.15, 0.2) is 23.7 Å². The van der Waals surface area contributed by atoms with Gasteiger partial charge in [-0.25, -0.2) is 9.97 Å². The molecule has 2 N–H and O–H groups in total. The zero-order valence-electron chi connectivity index (χ0n) is 9.47. The molecular weight excluding hydrogens is 232 g/mol. The van der Waals surface area contributed by atoms with Crippen molar-refractivity contribution in [1.29, 1.82) is 0 Å². The number of nitrogens with two attached hydrogens (primary N) is 1. The lowest BCUT2D eigenvalue weighted by atomic mass is 10.1. The van der Waals surface area contributed by atoms with Crippen LogP contribution in [0.5, 0.6) is 0 Å². The zero-order chi connectivity index (χ0) is 11.7. The van der Waals surface area contributed by atoms with Crippen LogP contribution in [-0.2, 0) is 19.5 Å². The first-order valence-electron chi connectivity index (χ1n) is 5.69. The van der Waals surface area contributed by atoms with E-state index in [0.29, 0.717) is 6.54 Å². The van der Waals surface area contributed by atoms with Gasteiger partial charge in [-0.15, -0.1) is 11.3 Å². The number of anilines is 1. The number of aromatic nitrogens is 2. The topological polar surface area (TPSA) is 55.0 Å². The van der Waals surface area contributed by atoms with Crippen molar-refractivity contribution in [3.63, 3.8) is 0 Å². The number of fused-ring (bicyclic) bond motifs is 1. The van der Waals surface area contributed by atoms with Gasteiger partial charge in [0.1, 0.15) is 0 Å². The molecule has 0 saturated heterocycles. The number of hydrogen-bond donors (Lipinski definition) is 1. The van der Waals surface area contributed by atoms with Crippen molar-refractivity contribution >= 4 is 17.3 Å². The van der Waals surface area contributed by atoms with Gasteiger partial charge in [-0.2, -0.15) is 0 Å². The van der Waals surface area contributed by atoms with Gasteiger partial charge in [0.2, 0.25) is 5.95 Å². The summed E-state index contributed by atoms with van der Waals surface area (Å²) in [5, 5.41) is 2.16. The fraction of sp³-hybridized carbons (Fsp3) is 0.333. The molecule has 4 nitrogen and oxygen atoms in total. The molecule has 0 unspecified atom stereocenters. The van der Waals surface area contributed by atoms with Crippen molar-refractivity contribution in [2.24, 2.45) is 5.73 Å². The number of hydrogen-bond acceptors (Lipinski definition) is 5. The van der Waals surface area contributed by atoms with E-state index in [1.807, 2.05) is 17.4 Å². The average Bonchev–Trinajstić information content (AvgIpc) is 2.86. The van der Waals surface area contributed by atoms with Crippen LogP contribution >= 0.6 is 11.3 Å². The summed E-state index contributed by atoms with van der Waals surface area (Å²) < 4.78 is 0. The molecule has 0 saturated carbocycles. The Hall–Kier alpha value is -1.46. The molecular formula is C12H14N4S. The first-order chi connectivity index (χ1) is 8.36. The van der Waals surface area contributed by atoms with E-state index in [9.17, 15) is 0 Å². The third-order valence-corrected chi connectivity index (χ3v) is 4.02. The predicted molar refractivity (Wildman–Crippen MR) is 69.0 cm³/mol. The molecule has 88 valence electrons. The highest BCUT2D eigenvalue weighted by atomic mass is 32.1. The fourth-order valence-electron chi connectivity index (χ4n) is 2.07. The van der Waals surface area contributed by atoms with E-state index in [1.54, 1.807) is 6.20 Å². The molecule has 5 heteroatoms. The summed E-state index contributed by atoms with van der Waals surface area (Å²) in [6, 6.07) is 4.06.